The largest absolute Gasteiger partial charge is 0.507 e. The molecule has 0 saturated carbocycles. The van der Waals surface area contributed by atoms with Crippen molar-refractivity contribution in [1.29, 1.82) is 0 Å². The first-order valence-corrected chi connectivity index (χ1v) is 5.77. The predicted molar refractivity (Wildman–Crippen MR) is 75.3 cm³/mol. The molecule has 18 heavy (non-hydrogen) atoms. The lowest BCUT2D eigenvalue weighted by Gasteiger charge is -2.04. The number of allylic oxidation sites excluding steroid dienone is 4. The number of rotatable bonds is 3. The lowest BCUT2D eigenvalue weighted by Crippen LogP contribution is -1.88. The molecule has 0 aliphatic carbocycles. The van der Waals surface area contributed by atoms with Crippen LogP contribution in [0, 0.1) is 0 Å². The van der Waals surface area contributed by atoms with E-state index in [1.54, 1.807) is 18.3 Å². The van der Waals surface area contributed by atoms with E-state index in [-0.39, 0.29) is 5.76 Å². The van der Waals surface area contributed by atoms with Crippen molar-refractivity contribution in [2.75, 3.05) is 0 Å². The molecule has 0 spiro atoms. The molecular formula is C15H16N2O. The second-order valence-corrected chi connectivity index (χ2v) is 4.02. The molecule has 2 heterocycles. The summed E-state index contributed by atoms with van der Waals surface area (Å²) in [7, 11) is 1.94. The third kappa shape index (κ3) is 1.95. The third-order valence-electron chi connectivity index (χ3n) is 2.86. The van der Waals surface area contributed by atoms with Gasteiger partial charge >= 0.3 is 0 Å². The van der Waals surface area contributed by atoms with Gasteiger partial charge in [-0.3, -0.25) is 0 Å². The summed E-state index contributed by atoms with van der Waals surface area (Å²) in [6, 6.07) is 3.90. The van der Waals surface area contributed by atoms with Gasteiger partial charge in [-0.25, -0.2) is 4.98 Å². The lowest BCUT2D eigenvalue weighted by molar-refractivity contribution is 0.438. The molecular weight excluding hydrogens is 224 g/mol. The topological polar surface area (TPSA) is 38.0 Å². The van der Waals surface area contributed by atoms with E-state index in [0.29, 0.717) is 0 Å². The molecule has 0 atom stereocenters. The van der Waals surface area contributed by atoms with Crippen molar-refractivity contribution >= 4 is 16.6 Å². The van der Waals surface area contributed by atoms with Crippen LogP contribution in [-0.4, -0.2) is 14.7 Å². The molecule has 2 rings (SSSR count). The van der Waals surface area contributed by atoms with Crippen LogP contribution in [0.1, 0.15) is 12.5 Å². The summed E-state index contributed by atoms with van der Waals surface area (Å²) in [6.45, 7) is 5.50. The second-order valence-electron chi connectivity index (χ2n) is 4.02. The van der Waals surface area contributed by atoms with Crippen molar-refractivity contribution in [3.8, 4) is 0 Å². The molecule has 2 aromatic rings. The Morgan fingerprint density at radius 1 is 1.50 bits per heavy atom. The zero-order valence-electron chi connectivity index (χ0n) is 10.6. The lowest BCUT2D eigenvalue weighted by atomic mass is 10.0. The number of aliphatic hydroxyl groups is 1. The van der Waals surface area contributed by atoms with Crippen molar-refractivity contribution in [3.05, 3.63) is 60.7 Å². The molecule has 0 amide bonds. The maximum absolute atomic E-state index is 10.0. The molecule has 1 N–H and O–H groups in total. The Labute approximate surface area is 106 Å². The standard InChI is InChI=1S/C15H16N2O/c1-4-7-14(18)11(5-2)13-10-17(3)15-12(13)8-6-9-16-15/h4-10,18H,1H2,2-3H3/b11-5-,14-7+. The second kappa shape index (κ2) is 4.92. The van der Waals surface area contributed by atoms with Crippen LogP contribution in [0.4, 0.5) is 0 Å². The molecule has 0 aliphatic rings. The van der Waals surface area contributed by atoms with E-state index in [4.69, 9.17) is 0 Å². The summed E-state index contributed by atoms with van der Waals surface area (Å²) in [4.78, 5) is 4.34. The van der Waals surface area contributed by atoms with Gasteiger partial charge in [-0.1, -0.05) is 18.7 Å². The average Bonchev–Trinajstić information content (AvgIpc) is 2.69. The molecule has 0 radical (unpaired) electrons. The highest BCUT2D eigenvalue weighted by Gasteiger charge is 2.13. The molecule has 0 unspecified atom stereocenters. The highest BCUT2D eigenvalue weighted by Crippen LogP contribution is 2.29. The molecule has 3 nitrogen and oxygen atoms in total. The van der Waals surface area contributed by atoms with Gasteiger partial charge in [0.25, 0.3) is 0 Å². The van der Waals surface area contributed by atoms with Gasteiger partial charge < -0.3 is 9.67 Å². The number of aliphatic hydroxyl groups excluding tert-OH is 1. The van der Waals surface area contributed by atoms with Crippen LogP contribution >= 0.6 is 0 Å². The number of pyridine rings is 1. The summed E-state index contributed by atoms with van der Waals surface area (Å²) in [5.41, 5.74) is 2.66. The molecule has 3 heteroatoms. The van der Waals surface area contributed by atoms with E-state index in [0.717, 1.165) is 22.2 Å². The minimum absolute atomic E-state index is 0.212. The van der Waals surface area contributed by atoms with Gasteiger partial charge in [0.15, 0.2) is 0 Å². The van der Waals surface area contributed by atoms with Crippen molar-refractivity contribution in [1.82, 2.24) is 9.55 Å². The number of hydrogen-bond acceptors (Lipinski definition) is 2. The zero-order valence-corrected chi connectivity index (χ0v) is 10.6. The molecule has 0 bridgehead atoms. The number of fused-ring (bicyclic) bond motifs is 1. The fourth-order valence-electron chi connectivity index (χ4n) is 2.07. The molecule has 2 aromatic heterocycles. The SMILES string of the molecule is C=C/C=C(O)\C(=C/C)c1cn(C)c2ncccc12. The number of aryl methyl sites for hydroxylation is 1. The zero-order chi connectivity index (χ0) is 13.1. The van der Waals surface area contributed by atoms with Crippen molar-refractivity contribution in [2.45, 2.75) is 6.92 Å². The van der Waals surface area contributed by atoms with E-state index in [9.17, 15) is 5.11 Å². The Hall–Kier alpha value is -2.29. The summed E-state index contributed by atoms with van der Waals surface area (Å²) in [6.07, 6.45) is 8.78. The first-order chi connectivity index (χ1) is 8.69. The fraction of sp³-hybridized carbons (Fsp3) is 0.133. The van der Waals surface area contributed by atoms with Crippen LogP contribution in [0.15, 0.2) is 55.1 Å². The van der Waals surface area contributed by atoms with Crippen LogP contribution in [0.25, 0.3) is 16.6 Å². The first-order valence-electron chi connectivity index (χ1n) is 5.77. The fourth-order valence-corrected chi connectivity index (χ4v) is 2.07. The predicted octanol–water partition coefficient (Wildman–Crippen LogP) is 3.60. The molecule has 0 aromatic carbocycles. The highest BCUT2D eigenvalue weighted by molar-refractivity contribution is 5.94. The van der Waals surface area contributed by atoms with E-state index >= 15 is 0 Å². The van der Waals surface area contributed by atoms with Crippen molar-refractivity contribution in [2.24, 2.45) is 7.05 Å². The van der Waals surface area contributed by atoms with Gasteiger partial charge in [0.05, 0.1) is 0 Å². The normalized spacial score (nSPS) is 13.0. The molecule has 0 aliphatic heterocycles. The van der Waals surface area contributed by atoms with E-state index in [1.807, 2.05) is 42.9 Å². The third-order valence-corrected chi connectivity index (χ3v) is 2.86. The summed E-state index contributed by atoms with van der Waals surface area (Å²) in [5, 5.41) is 11.0. The molecule has 92 valence electrons. The minimum Gasteiger partial charge on any atom is -0.507 e. The van der Waals surface area contributed by atoms with Gasteiger partial charge in [-0.05, 0) is 25.1 Å². The van der Waals surface area contributed by atoms with Gasteiger partial charge in [-0.15, -0.1) is 0 Å². The minimum atomic E-state index is 0.212. The first kappa shape index (κ1) is 12.2. The Kier molecular flexibility index (Phi) is 3.33. The Morgan fingerprint density at radius 2 is 2.28 bits per heavy atom. The van der Waals surface area contributed by atoms with Gasteiger partial charge in [-0.2, -0.15) is 0 Å². The van der Waals surface area contributed by atoms with Crippen LogP contribution in [-0.2, 0) is 7.05 Å². The maximum Gasteiger partial charge on any atom is 0.140 e. The van der Waals surface area contributed by atoms with Crippen molar-refractivity contribution < 1.29 is 5.11 Å². The quantitative estimate of drug-likeness (QED) is 0.657. The van der Waals surface area contributed by atoms with Crippen molar-refractivity contribution in [3.63, 3.8) is 0 Å². The monoisotopic (exact) mass is 240 g/mol. The van der Waals surface area contributed by atoms with Crippen LogP contribution in [0.5, 0.6) is 0 Å². The Balaban J connectivity index is 2.67. The summed E-state index contributed by atoms with van der Waals surface area (Å²) < 4.78 is 1.95. The summed E-state index contributed by atoms with van der Waals surface area (Å²) in [5.74, 6) is 0.212. The summed E-state index contributed by atoms with van der Waals surface area (Å²) >= 11 is 0. The number of hydrogen-bond donors (Lipinski definition) is 1. The maximum atomic E-state index is 10.0. The molecule has 0 saturated heterocycles. The van der Waals surface area contributed by atoms with E-state index in [2.05, 4.69) is 11.6 Å². The average molecular weight is 240 g/mol. The van der Waals surface area contributed by atoms with Gasteiger partial charge in [0.1, 0.15) is 11.4 Å². The molecule has 0 fully saturated rings. The highest BCUT2D eigenvalue weighted by atomic mass is 16.3. The Morgan fingerprint density at radius 3 is 2.94 bits per heavy atom. The van der Waals surface area contributed by atoms with Crippen LogP contribution < -0.4 is 0 Å². The van der Waals surface area contributed by atoms with Gasteiger partial charge in [0.2, 0.25) is 0 Å². The number of nitrogens with zero attached hydrogens (tertiary/aromatic N) is 2. The number of aromatic nitrogens is 2. The Bertz CT molecular complexity index is 648. The smallest absolute Gasteiger partial charge is 0.140 e. The van der Waals surface area contributed by atoms with Crippen LogP contribution in [0.2, 0.25) is 0 Å². The van der Waals surface area contributed by atoms with Gasteiger partial charge in [0, 0.05) is 36.0 Å². The van der Waals surface area contributed by atoms with Crippen LogP contribution in [0.3, 0.4) is 0 Å². The van der Waals surface area contributed by atoms with E-state index < -0.39 is 0 Å². The van der Waals surface area contributed by atoms with E-state index in [1.165, 1.54) is 0 Å².